The lowest BCUT2D eigenvalue weighted by molar-refractivity contribution is -0.129. The standard InChI is InChI=1S/C21H22N4O5/c1-30-16-8-2-13(3-9-16)10-11-25-20(28)17(24-21(25)29)12-18(26)23-15-6-4-14(5-7-15)19(22)27/h2-9,17H,10-12H2,1H3,(H2,22,27)(H,23,26)(H,24,29). The highest BCUT2D eigenvalue weighted by atomic mass is 16.5. The molecule has 1 atom stereocenters. The van der Waals surface area contributed by atoms with Gasteiger partial charge in [-0.1, -0.05) is 12.1 Å². The van der Waals surface area contributed by atoms with Gasteiger partial charge in [-0.15, -0.1) is 0 Å². The van der Waals surface area contributed by atoms with E-state index >= 15 is 0 Å². The smallest absolute Gasteiger partial charge is 0.324 e. The summed E-state index contributed by atoms with van der Waals surface area (Å²) >= 11 is 0. The van der Waals surface area contributed by atoms with Crippen LogP contribution in [0.1, 0.15) is 22.3 Å². The van der Waals surface area contributed by atoms with Crippen molar-refractivity contribution in [3.05, 3.63) is 59.7 Å². The predicted octanol–water partition coefficient (Wildman–Crippen LogP) is 1.29. The molecule has 0 bridgehead atoms. The van der Waals surface area contributed by atoms with Gasteiger partial charge in [0.05, 0.1) is 13.5 Å². The molecule has 0 spiro atoms. The number of carbonyl (C=O) groups is 4. The number of anilines is 1. The molecule has 1 heterocycles. The summed E-state index contributed by atoms with van der Waals surface area (Å²) in [6, 6.07) is 12.0. The molecule has 4 N–H and O–H groups in total. The Bertz CT molecular complexity index is 956. The number of carbonyl (C=O) groups excluding carboxylic acids is 4. The zero-order valence-corrected chi connectivity index (χ0v) is 16.4. The van der Waals surface area contributed by atoms with Crippen molar-refractivity contribution in [2.45, 2.75) is 18.9 Å². The van der Waals surface area contributed by atoms with E-state index in [4.69, 9.17) is 10.5 Å². The molecule has 9 nitrogen and oxygen atoms in total. The number of methoxy groups -OCH3 is 1. The molecular weight excluding hydrogens is 388 g/mol. The number of nitrogens with zero attached hydrogens (tertiary/aromatic N) is 1. The van der Waals surface area contributed by atoms with Crippen LogP contribution in [-0.4, -0.2) is 48.3 Å². The highest BCUT2D eigenvalue weighted by Gasteiger charge is 2.38. The summed E-state index contributed by atoms with van der Waals surface area (Å²) < 4.78 is 5.10. The van der Waals surface area contributed by atoms with Gasteiger partial charge < -0.3 is 21.1 Å². The van der Waals surface area contributed by atoms with Gasteiger partial charge >= 0.3 is 6.03 Å². The Morgan fingerprint density at radius 1 is 1.10 bits per heavy atom. The number of amides is 5. The monoisotopic (exact) mass is 410 g/mol. The zero-order chi connectivity index (χ0) is 21.7. The molecule has 1 saturated heterocycles. The minimum atomic E-state index is -0.918. The lowest BCUT2D eigenvalue weighted by Crippen LogP contribution is -2.34. The van der Waals surface area contributed by atoms with E-state index < -0.39 is 29.8 Å². The van der Waals surface area contributed by atoms with Gasteiger partial charge in [-0.25, -0.2) is 4.79 Å². The van der Waals surface area contributed by atoms with Gasteiger partial charge in [-0.2, -0.15) is 0 Å². The summed E-state index contributed by atoms with van der Waals surface area (Å²) in [6.45, 7) is 0.212. The first-order valence-electron chi connectivity index (χ1n) is 9.32. The van der Waals surface area contributed by atoms with Crippen molar-refractivity contribution in [1.29, 1.82) is 0 Å². The molecule has 2 aromatic rings. The molecule has 1 aliphatic heterocycles. The van der Waals surface area contributed by atoms with E-state index in [1.807, 2.05) is 24.3 Å². The quantitative estimate of drug-likeness (QED) is 0.565. The summed E-state index contributed by atoms with van der Waals surface area (Å²) in [5.74, 6) is -0.712. The average Bonchev–Trinajstić information content (AvgIpc) is 2.99. The third-order valence-electron chi connectivity index (χ3n) is 4.73. The highest BCUT2D eigenvalue weighted by molar-refractivity contribution is 6.07. The summed E-state index contributed by atoms with van der Waals surface area (Å²) in [4.78, 5) is 49.1. The second-order valence-corrected chi connectivity index (χ2v) is 6.78. The van der Waals surface area contributed by atoms with Gasteiger partial charge in [0, 0.05) is 17.8 Å². The van der Waals surface area contributed by atoms with Gasteiger partial charge in [0.1, 0.15) is 11.8 Å². The predicted molar refractivity (Wildman–Crippen MR) is 109 cm³/mol. The number of benzene rings is 2. The van der Waals surface area contributed by atoms with Gasteiger partial charge in [0.2, 0.25) is 11.8 Å². The number of nitrogens with one attached hydrogen (secondary N) is 2. The van der Waals surface area contributed by atoms with E-state index in [0.29, 0.717) is 17.7 Å². The van der Waals surface area contributed by atoms with Crippen molar-refractivity contribution < 1.29 is 23.9 Å². The van der Waals surface area contributed by atoms with Crippen LogP contribution >= 0.6 is 0 Å². The number of primary amides is 1. The molecule has 0 saturated carbocycles. The van der Waals surface area contributed by atoms with Crippen LogP contribution in [0, 0.1) is 0 Å². The first-order valence-corrected chi connectivity index (χ1v) is 9.32. The second kappa shape index (κ2) is 9.08. The summed E-state index contributed by atoms with van der Waals surface area (Å²) in [5.41, 5.74) is 6.91. The molecule has 1 aliphatic rings. The molecule has 1 unspecified atom stereocenters. The molecular formula is C21H22N4O5. The van der Waals surface area contributed by atoms with Crippen molar-refractivity contribution in [2.24, 2.45) is 5.73 Å². The first-order chi connectivity index (χ1) is 14.4. The van der Waals surface area contributed by atoms with Gasteiger partial charge in [-0.05, 0) is 48.4 Å². The zero-order valence-electron chi connectivity index (χ0n) is 16.4. The van der Waals surface area contributed by atoms with Gasteiger partial charge in [-0.3, -0.25) is 19.3 Å². The number of nitrogens with two attached hydrogens (primary N) is 1. The molecule has 3 rings (SSSR count). The molecule has 2 aromatic carbocycles. The molecule has 0 aliphatic carbocycles. The van der Waals surface area contributed by atoms with E-state index in [0.717, 1.165) is 16.2 Å². The molecule has 1 fully saturated rings. The fourth-order valence-corrected chi connectivity index (χ4v) is 3.08. The Hall–Kier alpha value is -3.88. The normalized spacial score (nSPS) is 15.6. The maximum atomic E-state index is 12.5. The topological polar surface area (TPSA) is 131 Å². The largest absolute Gasteiger partial charge is 0.497 e. The van der Waals surface area contributed by atoms with Crippen LogP contribution in [0.25, 0.3) is 0 Å². The summed E-state index contributed by atoms with van der Waals surface area (Å²) in [7, 11) is 1.58. The fraction of sp³-hybridized carbons (Fsp3) is 0.238. The molecule has 5 amide bonds. The van der Waals surface area contributed by atoms with Crippen LogP contribution < -0.4 is 21.1 Å². The Balaban J connectivity index is 1.53. The highest BCUT2D eigenvalue weighted by Crippen LogP contribution is 2.15. The number of imide groups is 1. The Morgan fingerprint density at radius 3 is 2.37 bits per heavy atom. The number of ether oxygens (including phenoxy) is 1. The minimum Gasteiger partial charge on any atom is -0.497 e. The first kappa shape index (κ1) is 20.8. The summed E-state index contributed by atoms with van der Waals surface area (Å²) in [6.07, 6.45) is 0.301. The van der Waals surface area contributed by atoms with Crippen LogP contribution in [0.3, 0.4) is 0 Å². The van der Waals surface area contributed by atoms with Crippen LogP contribution in [0.2, 0.25) is 0 Å². The third kappa shape index (κ3) is 4.93. The van der Waals surface area contributed by atoms with E-state index in [2.05, 4.69) is 10.6 Å². The van der Waals surface area contributed by atoms with Crippen molar-refractivity contribution in [2.75, 3.05) is 19.0 Å². The van der Waals surface area contributed by atoms with E-state index in [1.165, 1.54) is 24.3 Å². The average molecular weight is 410 g/mol. The van der Waals surface area contributed by atoms with Crippen LogP contribution in [0.4, 0.5) is 10.5 Å². The molecule has 0 aromatic heterocycles. The maximum absolute atomic E-state index is 12.5. The molecule has 9 heteroatoms. The van der Waals surface area contributed by atoms with Gasteiger partial charge in [0.15, 0.2) is 0 Å². The van der Waals surface area contributed by atoms with Crippen molar-refractivity contribution in [1.82, 2.24) is 10.2 Å². The van der Waals surface area contributed by atoms with Crippen LogP contribution in [-0.2, 0) is 16.0 Å². The summed E-state index contributed by atoms with van der Waals surface area (Å²) in [5, 5.41) is 5.17. The van der Waals surface area contributed by atoms with Crippen molar-refractivity contribution >= 4 is 29.4 Å². The Labute approximate surface area is 173 Å². The molecule has 30 heavy (non-hydrogen) atoms. The fourth-order valence-electron chi connectivity index (χ4n) is 3.08. The van der Waals surface area contributed by atoms with Crippen LogP contribution in [0.5, 0.6) is 5.75 Å². The third-order valence-corrected chi connectivity index (χ3v) is 4.73. The number of hydrogen-bond acceptors (Lipinski definition) is 5. The minimum absolute atomic E-state index is 0.193. The molecule has 156 valence electrons. The number of rotatable bonds is 8. The lowest BCUT2D eigenvalue weighted by Gasteiger charge is -2.13. The Kier molecular flexibility index (Phi) is 6.31. The Morgan fingerprint density at radius 2 is 1.77 bits per heavy atom. The lowest BCUT2D eigenvalue weighted by atomic mass is 10.1. The van der Waals surface area contributed by atoms with Crippen LogP contribution in [0.15, 0.2) is 48.5 Å². The van der Waals surface area contributed by atoms with E-state index in [9.17, 15) is 19.2 Å². The SMILES string of the molecule is COc1ccc(CCN2C(=O)NC(CC(=O)Nc3ccc(C(N)=O)cc3)C2=O)cc1. The second-order valence-electron chi connectivity index (χ2n) is 6.78. The van der Waals surface area contributed by atoms with E-state index in [1.54, 1.807) is 7.11 Å². The molecule has 0 radical (unpaired) electrons. The van der Waals surface area contributed by atoms with Crippen molar-refractivity contribution in [3.63, 3.8) is 0 Å². The van der Waals surface area contributed by atoms with Gasteiger partial charge in [0.25, 0.3) is 5.91 Å². The van der Waals surface area contributed by atoms with E-state index in [-0.39, 0.29) is 13.0 Å². The maximum Gasteiger partial charge on any atom is 0.324 e. The van der Waals surface area contributed by atoms with Crippen molar-refractivity contribution in [3.8, 4) is 5.75 Å². The number of hydrogen-bond donors (Lipinski definition) is 3. The number of urea groups is 1.